The van der Waals surface area contributed by atoms with Crippen LogP contribution in [0.25, 0.3) is 44.8 Å². The van der Waals surface area contributed by atoms with Crippen molar-refractivity contribution in [3.8, 4) is 34.4 Å². The minimum absolute atomic E-state index is 0.0657. The molecule has 3 atom stereocenters. The second-order valence-corrected chi connectivity index (χ2v) is 14.3. The maximum Gasteiger partial charge on any atom is 0.254 e. The average molecular weight is 660 g/mol. The molecule has 2 unspecified atom stereocenters. The van der Waals surface area contributed by atoms with Crippen molar-refractivity contribution in [3.63, 3.8) is 0 Å². The first kappa shape index (κ1) is 30.2. The number of anilines is 1. The fourth-order valence-corrected chi connectivity index (χ4v) is 8.56. The summed E-state index contributed by atoms with van der Waals surface area (Å²) in [4.78, 5) is 45.1. The number of fused-ring (bicyclic) bond motifs is 4. The first-order chi connectivity index (χ1) is 23.8. The number of benzene rings is 1. The highest BCUT2D eigenvalue weighted by Gasteiger charge is 2.46. The number of hydrogen-bond donors (Lipinski definition) is 0. The van der Waals surface area contributed by atoms with Crippen LogP contribution in [0.1, 0.15) is 55.8 Å². The summed E-state index contributed by atoms with van der Waals surface area (Å²) in [5, 5.41) is 1.01. The molecule has 4 fully saturated rings. The van der Waals surface area contributed by atoms with Gasteiger partial charge in [0.1, 0.15) is 22.7 Å². The van der Waals surface area contributed by atoms with Crippen molar-refractivity contribution in [3.05, 3.63) is 48.0 Å². The summed E-state index contributed by atoms with van der Waals surface area (Å²) >= 11 is 0. The van der Waals surface area contributed by atoms with Crippen molar-refractivity contribution in [1.82, 2.24) is 29.0 Å². The Hall–Kier alpha value is -4.93. The molecule has 5 aromatic rings. The highest BCUT2D eigenvalue weighted by Crippen LogP contribution is 2.44. The number of nitrogens with zero attached hydrogens (tertiary/aromatic N) is 7. The number of carbonyl (C=O) groups is 2. The molecule has 0 spiro atoms. The van der Waals surface area contributed by atoms with Crippen molar-refractivity contribution in [1.29, 1.82) is 0 Å². The number of hydrogen-bond acceptors (Lipinski definition) is 7. The molecule has 0 radical (unpaired) electrons. The lowest BCUT2D eigenvalue weighted by Gasteiger charge is -2.27. The molecule has 0 N–H and O–H groups in total. The number of ether oxygens (including phenoxy) is 2. The summed E-state index contributed by atoms with van der Waals surface area (Å²) in [6, 6.07) is 14.2. The minimum Gasteiger partial charge on any atom is -0.494 e. The minimum atomic E-state index is 0.0657. The molecule has 2 aliphatic carbocycles. The fourth-order valence-electron chi connectivity index (χ4n) is 8.56. The Bertz CT molecular complexity index is 2160. The van der Waals surface area contributed by atoms with E-state index in [1.165, 1.54) is 19.3 Å². The number of methoxy groups -OCH3 is 2. The lowest BCUT2D eigenvalue weighted by atomic mass is 10.0. The predicted molar refractivity (Wildman–Crippen MR) is 187 cm³/mol. The van der Waals surface area contributed by atoms with Crippen LogP contribution in [0.5, 0.6) is 11.6 Å². The molecule has 2 saturated carbocycles. The number of rotatable bonds is 8. The van der Waals surface area contributed by atoms with Crippen LogP contribution in [0.4, 0.5) is 5.82 Å². The molecule has 11 heteroatoms. The van der Waals surface area contributed by atoms with Gasteiger partial charge >= 0.3 is 0 Å². The molecule has 252 valence electrons. The van der Waals surface area contributed by atoms with E-state index < -0.39 is 0 Å². The van der Waals surface area contributed by atoms with Crippen LogP contribution >= 0.6 is 0 Å². The molecule has 6 heterocycles. The van der Waals surface area contributed by atoms with Crippen LogP contribution in [0.15, 0.2) is 42.5 Å². The Kier molecular flexibility index (Phi) is 6.96. The van der Waals surface area contributed by atoms with Gasteiger partial charge in [-0.05, 0) is 92.3 Å². The van der Waals surface area contributed by atoms with Gasteiger partial charge in [0.2, 0.25) is 11.8 Å². The van der Waals surface area contributed by atoms with Crippen LogP contribution in [-0.2, 0) is 18.4 Å². The second kappa shape index (κ2) is 11.3. The lowest BCUT2D eigenvalue weighted by Crippen LogP contribution is -2.38. The Labute approximate surface area is 284 Å². The first-order valence-corrected chi connectivity index (χ1v) is 17.5. The number of likely N-dealkylation sites (tertiary alicyclic amines) is 1. The summed E-state index contributed by atoms with van der Waals surface area (Å²) in [7, 11) is 5.27. The largest absolute Gasteiger partial charge is 0.494 e. The highest BCUT2D eigenvalue weighted by molar-refractivity contribution is 6.00. The van der Waals surface area contributed by atoms with E-state index in [2.05, 4.69) is 33.1 Å². The van der Waals surface area contributed by atoms with Gasteiger partial charge in [-0.1, -0.05) is 6.92 Å². The molecular formula is C38H41N7O4. The van der Waals surface area contributed by atoms with Crippen LogP contribution < -0.4 is 14.4 Å². The Morgan fingerprint density at radius 1 is 0.980 bits per heavy atom. The van der Waals surface area contributed by atoms with E-state index in [1.807, 2.05) is 37.4 Å². The van der Waals surface area contributed by atoms with Crippen molar-refractivity contribution in [2.24, 2.45) is 24.8 Å². The zero-order chi connectivity index (χ0) is 33.6. The van der Waals surface area contributed by atoms with Gasteiger partial charge in [-0.15, -0.1) is 0 Å². The number of pyridine rings is 2. The molecule has 49 heavy (non-hydrogen) atoms. The van der Waals surface area contributed by atoms with E-state index in [0.29, 0.717) is 59.8 Å². The summed E-state index contributed by atoms with van der Waals surface area (Å²) < 4.78 is 16.0. The molecule has 11 nitrogen and oxygen atoms in total. The van der Waals surface area contributed by atoms with Crippen LogP contribution in [0.2, 0.25) is 0 Å². The third kappa shape index (κ3) is 4.80. The number of piperidine rings is 1. The zero-order valence-electron chi connectivity index (χ0n) is 28.5. The van der Waals surface area contributed by atoms with Crippen molar-refractivity contribution in [2.45, 2.75) is 58.0 Å². The second-order valence-electron chi connectivity index (χ2n) is 14.3. The standard InChI is InChI=1S/C38H41N7O4/c1-21-24-10-13-29(21)45(20-24)38(47)25-16-28-34(31(18-25)48-3)42(2)36(40-28)30-17-23-9-12-27(39-35(23)44(30)19-22-7-8-22)26-11-14-32(41-37(26)49-4)43-15-5-6-33(43)46/h9,11-12,14,16-18,21-22,24,29H,5-8,10,13,15,19-20H2,1-4H3/t21-,24?,29?/m1/s1. The van der Waals surface area contributed by atoms with E-state index in [0.717, 1.165) is 70.8 Å². The number of aromatic nitrogens is 5. The van der Waals surface area contributed by atoms with Gasteiger partial charge < -0.3 is 23.5 Å². The van der Waals surface area contributed by atoms with E-state index >= 15 is 0 Å². The molecule has 2 aliphatic heterocycles. The van der Waals surface area contributed by atoms with Crippen molar-refractivity contribution >= 4 is 39.7 Å². The van der Waals surface area contributed by atoms with Gasteiger partial charge in [-0.3, -0.25) is 14.5 Å². The topological polar surface area (TPSA) is 108 Å². The molecule has 1 aromatic carbocycles. The van der Waals surface area contributed by atoms with E-state index in [9.17, 15) is 9.59 Å². The monoisotopic (exact) mass is 659 g/mol. The summed E-state index contributed by atoms with van der Waals surface area (Å²) in [5.74, 6) is 4.37. The molecular weight excluding hydrogens is 618 g/mol. The van der Waals surface area contributed by atoms with Gasteiger partial charge in [0.05, 0.1) is 36.7 Å². The van der Waals surface area contributed by atoms with Crippen LogP contribution in [0.3, 0.4) is 0 Å². The molecule has 4 aromatic heterocycles. The van der Waals surface area contributed by atoms with Gasteiger partial charge in [-0.2, -0.15) is 4.98 Å². The van der Waals surface area contributed by atoms with Crippen molar-refractivity contribution < 1.29 is 19.1 Å². The summed E-state index contributed by atoms with van der Waals surface area (Å²) in [5.41, 5.74) is 5.58. The number of amides is 2. The maximum atomic E-state index is 13.8. The third-order valence-electron chi connectivity index (χ3n) is 11.5. The fraction of sp³-hybridized carbons (Fsp3) is 0.447. The van der Waals surface area contributed by atoms with Crippen LogP contribution in [0, 0.1) is 17.8 Å². The predicted octanol–water partition coefficient (Wildman–Crippen LogP) is 6.08. The van der Waals surface area contributed by atoms with Gasteiger partial charge in [-0.25, -0.2) is 9.97 Å². The number of imidazole rings is 1. The quantitative estimate of drug-likeness (QED) is 0.199. The third-order valence-corrected chi connectivity index (χ3v) is 11.5. The Balaban J connectivity index is 1.13. The molecule has 2 bridgehead atoms. The number of aryl methyl sites for hydroxylation is 1. The van der Waals surface area contributed by atoms with E-state index in [1.54, 1.807) is 19.1 Å². The van der Waals surface area contributed by atoms with Crippen molar-refractivity contribution in [2.75, 3.05) is 32.2 Å². The number of carbonyl (C=O) groups excluding carboxylic acids is 2. The maximum absolute atomic E-state index is 13.8. The normalized spacial score (nSPS) is 21.9. The smallest absolute Gasteiger partial charge is 0.254 e. The van der Waals surface area contributed by atoms with Gasteiger partial charge in [0, 0.05) is 50.1 Å². The summed E-state index contributed by atoms with van der Waals surface area (Å²) in [6.07, 6.45) is 6.04. The Morgan fingerprint density at radius 2 is 1.84 bits per heavy atom. The Morgan fingerprint density at radius 3 is 2.53 bits per heavy atom. The summed E-state index contributed by atoms with van der Waals surface area (Å²) in [6.45, 7) is 4.62. The van der Waals surface area contributed by atoms with E-state index in [-0.39, 0.29) is 11.8 Å². The van der Waals surface area contributed by atoms with E-state index in [4.69, 9.17) is 24.4 Å². The highest BCUT2D eigenvalue weighted by atomic mass is 16.5. The SMILES string of the molecule is COc1nc(N2CCCC2=O)ccc1-c1ccc2cc(-c3nc4cc(C(=O)N5CC6CCC5[C@@H]6C)cc(OC)c4n3C)n(CC3CC3)c2n1. The zero-order valence-corrected chi connectivity index (χ0v) is 28.5. The van der Waals surface area contributed by atoms with Crippen LogP contribution in [-0.4, -0.2) is 74.2 Å². The molecule has 4 aliphatic rings. The van der Waals surface area contributed by atoms with Gasteiger partial charge in [0.15, 0.2) is 5.82 Å². The molecule has 2 saturated heterocycles. The first-order valence-electron chi connectivity index (χ1n) is 17.5. The molecule has 9 rings (SSSR count). The lowest BCUT2D eigenvalue weighted by molar-refractivity contribution is -0.117. The van der Waals surface area contributed by atoms with Gasteiger partial charge in [0.25, 0.3) is 5.91 Å². The molecule has 2 amide bonds. The average Bonchev–Trinajstić information content (AvgIpc) is 3.35.